The molecule has 0 aliphatic heterocycles. The van der Waals surface area contributed by atoms with Crippen LogP contribution in [0.4, 0.5) is 0 Å². The maximum Gasteiger partial charge on any atom is 0.152 e. The fourth-order valence-electron chi connectivity index (χ4n) is 3.22. The number of benzene rings is 1. The lowest BCUT2D eigenvalue weighted by atomic mass is 9.80. The van der Waals surface area contributed by atoms with Crippen molar-refractivity contribution >= 4 is 11.6 Å². The summed E-state index contributed by atoms with van der Waals surface area (Å²) in [6, 6.07) is 4.47. The number of terminal acetylenes is 1. The standard InChI is InChI=1S/C21H22O2.C3H4/c1-14-16(7-5-9-20(23)15(2)22)10-12-18-13-11-17-6-3-4-8-19(17)21(14)18;1-3-2/h4-5,8-11,13,22-23H,1,3,6-7,12H2,2H3;1H,2H3/b9-5-,20-15-;. The molecule has 3 rings (SSSR count). The summed E-state index contributed by atoms with van der Waals surface area (Å²) < 4.78 is 0. The van der Waals surface area contributed by atoms with E-state index in [2.05, 4.69) is 49.3 Å². The molecule has 2 nitrogen and oxygen atoms in total. The SMILES string of the molecule is C#CC.C=C1C(C/C=C\C(O)=C(/C)O)=CCc2ccc3c(c21)C=CCC3. The highest BCUT2D eigenvalue weighted by Crippen LogP contribution is 2.38. The Morgan fingerprint density at radius 2 is 2.00 bits per heavy atom. The van der Waals surface area contributed by atoms with E-state index in [1.165, 1.54) is 34.8 Å². The maximum absolute atomic E-state index is 9.53. The molecule has 2 N–H and O–H groups in total. The molecular weight excluding hydrogens is 320 g/mol. The van der Waals surface area contributed by atoms with Crippen LogP contribution in [-0.2, 0) is 12.8 Å². The van der Waals surface area contributed by atoms with Crippen LogP contribution < -0.4 is 0 Å². The van der Waals surface area contributed by atoms with Crippen molar-refractivity contribution in [3.63, 3.8) is 0 Å². The van der Waals surface area contributed by atoms with E-state index in [4.69, 9.17) is 0 Å². The lowest BCUT2D eigenvalue weighted by Gasteiger charge is -2.24. The molecule has 0 atom stereocenters. The summed E-state index contributed by atoms with van der Waals surface area (Å²) in [5, 5.41) is 18.7. The summed E-state index contributed by atoms with van der Waals surface area (Å²) in [7, 11) is 0. The van der Waals surface area contributed by atoms with Gasteiger partial charge in [0.2, 0.25) is 0 Å². The molecule has 0 aromatic heterocycles. The van der Waals surface area contributed by atoms with Gasteiger partial charge in [0.05, 0.1) is 0 Å². The van der Waals surface area contributed by atoms with Crippen molar-refractivity contribution in [2.24, 2.45) is 0 Å². The Balaban J connectivity index is 0.000000758. The zero-order valence-electron chi connectivity index (χ0n) is 15.5. The largest absolute Gasteiger partial charge is 0.509 e. The van der Waals surface area contributed by atoms with E-state index in [1.54, 1.807) is 13.0 Å². The average Bonchev–Trinajstić information content (AvgIpc) is 2.63. The van der Waals surface area contributed by atoms with Gasteiger partial charge in [0, 0.05) is 0 Å². The molecular formula is C24H26O2. The van der Waals surface area contributed by atoms with Crippen molar-refractivity contribution in [2.45, 2.75) is 39.5 Å². The van der Waals surface area contributed by atoms with Crippen molar-refractivity contribution in [1.29, 1.82) is 0 Å². The summed E-state index contributed by atoms with van der Waals surface area (Å²) in [4.78, 5) is 0. The van der Waals surface area contributed by atoms with E-state index >= 15 is 0 Å². The molecule has 0 radical (unpaired) electrons. The van der Waals surface area contributed by atoms with Crippen LogP contribution in [0.3, 0.4) is 0 Å². The second-order valence-electron chi connectivity index (χ2n) is 6.39. The molecule has 0 saturated carbocycles. The molecule has 1 aromatic rings. The van der Waals surface area contributed by atoms with Crippen molar-refractivity contribution in [3.05, 3.63) is 82.4 Å². The molecule has 0 fully saturated rings. The topological polar surface area (TPSA) is 40.5 Å². The van der Waals surface area contributed by atoms with Gasteiger partial charge >= 0.3 is 0 Å². The second-order valence-corrected chi connectivity index (χ2v) is 6.39. The highest BCUT2D eigenvalue weighted by molar-refractivity contribution is 5.87. The molecule has 2 heteroatoms. The van der Waals surface area contributed by atoms with Gasteiger partial charge in [-0.25, -0.2) is 0 Å². The van der Waals surface area contributed by atoms with Crippen molar-refractivity contribution in [1.82, 2.24) is 0 Å². The van der Waals surface area contributed by atoms with Crippen LogP contribution in [0.5, 0.6) is 0 Å². The zero-order valence-corrected chi connectivity index (χ0v) is 15.5. The molecule has 0 spiro atoms. The van der Waals surface area contributed by atoms with Crippen LogP contribution in [-0.4, -0.2) is 10.2 Å². The quantitative estimate of drug-likeness (QED) is 0.396. The number of aliphatic hydroxyl groups is 2. The van der Waals surface area contributed by atoms with Crippen molar-refractivity contribution in [3.8, 4) is 12.3 Å². The normalized spacial score (nSPS) is 15.9. The monoisotopic (exact) mass is 346 g/mol. The predicted octanol–water partition coefficient (Wildman–Crippen LogP) is 6.08. The third-order valence-corrected chi connectivity index (χ3v) is 4.53. The van der Waals surface area contributed by atoms with E-state index in [0.717, 1.165) is 24.8 Å². The van der Waals surface area contributed by atoms with Gasteiger partial charge in [-0.05, 0) is 79.0 Å². The van der Waals surface area contributed by atoms with Gasteiger partial charge < -0.3 is 10.2 Å². The molecule has 0 unspecified atom stereocenters. The third kappa shape index (κ3) is 4.37. The molecule has 2 aliphatic rings. The summed E-state index contributed by atoms with van der Waals surface area (Å²) >= 11 is 0. The summed E-state index contributed by atoms with van der Waals surface area (Å²) in [6.07, 6.45) is 18.5. The van der Waals surface area contributed by atoms with Gasteiger partial charge in [0.1, 0.15) is 5.76 Å². The number of allylic oxidation sites excluding steroid dienone is 7. The highest BCUT2D eigenvalue weighted by atomic mass is 16.3. The molecule has 0 bridgehead atoms. The first-order valence-corrected chi connectivity index (χ1v) is 8.82. The average molecular weight is 346 g/mol. The van der Waals surface area contributed by atoms with Crippen LogP contribution in [0, 0.1) is 12.3 Å². The molecule has 26 heavy (non-hydrogen) atoms. The Kier molecular flexibility index (Phi) is 6.69. The molecule has 1 aromatic carbocycles. The number of fused-ring (bicyclic) bond motifs is 3. The maximum atomic E-state index is 9.53. The lowest BCUT2D eigenvalue weighted by Crippen LogP contribution is -2.07. The second kappa shape index (κ2) is 8.97. The summed E-state index contributed by atoms with van der Waals surface area (Å²) in [5.41, 5.74) is 7.60. The minimum absolute atomic E-state index is 0.0674. The lowest BCUT2D eigenvalue weighted by molar-refractivity contribution is 0.340. The van der Waals surface area contributed by atoms with Crippen LogP contribution >= 0.6 is 0 Å². The van der Waals surface area contributed by atoms with Gasteiger partial charge in [-0.3, -0.25) is 0 Å². The minimum atomic E-state index is -0.0901. The Morgan fingerprint density at radius 1 is 1.31 bits per heavy atom. The first-order valence-electron chi connectivity index (χ1n) is 8.82. The highest BCUT2D eigenvalue weighted by Gasteiger charge is 2.20. The number of aliphatic hydroxyl groups excluding tert-OH is 2. The van der Waals surface area contributed by atoms with E-state index < -0.39 is 0 Å². The van der Waals surface area contributed by atoms with Crippen LogP contribution in [0.25, 0.3) is 11.6 Å². The molecule has 0 heterocycles. The van der Waals surface area contributed by atoms with Gasteiger partial charge in [0.25, 0.3) is 0 Å². The van der Waals surface area contributed by atoms with Gasteiger partial charge in [-0.2, -0.15) is 0 Å². The Labute approximate surface area is 156 Å². The number of rotatable bonds is 3. The summed E-state index contributed by atoms with van der Waals surface area (Å²) in [6.45, 7) is 7.44. The molecule has 134 valence electrons. The predicted molar refractivity (Wildman–Crippen MR) is 111 cm³/mol. The van der Waals surface area contributed by atoms with Crippen LogP contribution in [0.1, 0.15) is 48.9 Å². The third-order valence-electron chi connectivity index (χ3n) is 4.53. The van der Waals surface area contributed by atoms with Crippen LogP contribution in [0.15, 0.2) is 60.1 Å². The fourth-order valence-corrected chi connectivity index (χ4v) is 3.22. The van der Waals surface area contributed by atoms with Gasteiger partial charge in [-0.1, -0.05) is 43.0 Å². The Hall–Kier alpha value is -2.92. The zero-order chi connectivity index (χ0) is 19.1. The van der Waals surface area contributed by atoms with E-state index in [-0.39, 0.29) is 11.5 Å². The van der Waals surface area contributed by atoms with Crippen molar-refractivity contribution < 1.29 is 10.2 Å². The fraction of sp³-hybridized carbons (Fsp3) is 0.250. The number of hydrogen-bond donors (Lipinski definition) is 2. The van der Waals surface area contributed by atoms with E-state index in [1.807, 2.05) is 6.08 Å². The summed E-state index contributed by atoms with van der Waals surface area (Å²) in [5.74, 6) is 2.09. The minimum Gasteiger partial charge on any atom is -0.509 e. The van der Waals surface area contributed by atoms with Crippen LogP contribution in [0.2, 0.25) is 0 Å². The van der Waals surface area contributed by atoms with E-state index in [0.29, 0.717) is 6.42 Å². The number of aryl methyl sites for hydroxylation is 1. The Morgan fingerprint density at radius 3 is 2.69 bits per heavy atom. The molecule has 0 amide bonds. The van der Waals surface area contributed by atoms with Gasteiger partial charge in [-0.15, -0.1) is 12.3 Å². The smallest absolute Gasteiger partial charge is 0.152 e. The number of hydrogen-bond acceptors (Lipinski definition) is 2. The van der Waals surface area contributed by atoms with Crippen molar-refractivity contribution in [2.75, 3.05) is 0 Å². The first kappa shape index (κ1) is 19.4. The molecule has 0 saturated heterocycles. The molecule has 2 aliphatic carbocycles. The van der Waals surface area contributed by atoms with E-state index in [9.17, 15) is 10.2 Å². The first-order chi connectivity index (χ1) is 12.5. The Bertz CT molecular complexity index is 851. The van der Waals surface area contributed by atoms with Gasteiger partial charge in [0.15, 0.2) is 5.76 Å².